The molecule has 1 aromatic carbocycles. The lowest BCUT2D eigenvalue weighted by molar-refractivity contribution is 0.266. The Labute approximate surface area is 211 Å². The second-order valence-corrected chi connectivity index (χ2v) is 10.9. The smallest absolute Gasteiger partial charge is 0.198 e. The van der Waals surface area contributed by atoms with Crippen molar-refractivity contribution >= 4 is 22.7 Å². The van der Waals surface area contributed by atoms with Crippen LogP contribution in [0.15, 0.2) is 47.0 Å². The highest BCUT2D eigenvalue weighted by atomic mass is 16.4. The fourth-order valence-corrected chi connectivity index (χ4v) is 5.65. The van der Waals surface area contributed by atoms with Crippen LogP contribution in [0, 0.1) is 11.8 Å². The molecule has 2 fully saturated rings. The van der Waals surface area contributed by atoms with Gasteiger partial charge in [0.2, 0.25) is 0 Å². The van der Waals surface area contributed by atoms with Crippen LogP contribution in [0.2, 0.25) is 0 Å². The van der Waals surface area contributed by atoms with Gasteiger partial charge in [-0.1, -0.05) is 45.2 Å². The SMILES string of the molecule is CCCN(CCC1CCC1)c1cccc(-c2ccnc3cc(N4CCC(C)CN(C)CC4)oc23)c1. The molecule has 2 aromatic heterocycles. The quantitative estimate of drug-likeness (QED) is 0.364. The minimum atomic E-state index is 0.693. The van der Waals surface area contributed by atoms with E-state index in [1.165, 1.54) is 56.3 Å². The Morgan fingerprint density at radius 1 is 1.06 bits per heavy atom. The molecule has 0 spiro atoms. The largest absolute Gasteiger partial charge is 0.438 e. The average Bonchev–Trinajstić information content (AvgIpc) is 3.25. The standard InChI is InChI=1S/C30H42N4O/c1-4-15-33(17-13-24-7-5-8-24)26-10-6-9-25(20-26)27-11-14-31-28-21-29(35-30(27)28)34-16-12-23(2)22-32(3)18-19-34/h6,9-11,14,20-21,23-24H,4-5,7-8,12-13,15-19,22H2,1-3H3. The molecule has 3 aromatic rings. The molecule has 0 N–H and O–H groups in total. The first kappa shape index (κ1) is 24.2. The van der Waals surface area contributed by atoms with Gasteiger partial charge in [-0.3, -0.25) is 4.98 Å². The van der Waals surface area contributed by atoms with Crippen LogP contribution in [0.5, 0.6) is 0 Å². The van der Waals surface area contributed by atoms with E-state index in [2.05, 4.69) is 77.0 Å². The zero-order chi connectivity index (χ0) is 24.2. The summed E-state index contributed by atoms with van der Waals surface area (Å²) in [6.07, 6.45) is 9.84. The van der Waals surface area contributed by atoms with Crippen LogP contribution in [0.1, 0.15) is 52.4 Å². The van der Waals surface area contributed by atoms with Crippen molar-refractivity contribution in [3.8, 4) is 11.1 Å². The number of anilines is 2. The van der Waals surface area contributed by atoms with Crippen molar-refractivity contribution in [2.24, 2.45) is 11.8 Å². The van der Waals surface area contributed by atoms with E-state index in [0.717, 1.165) is 61.2 Å². The molecule has 0 radical (unpaired) electrons. The molecule has 1 saturated carbocycles. The number of fused-ring (bicyclic) bond motifs is 1. The molecule has 1 saturated heterocycles. The molecule has 5 heteroatoms. The second-order valence-electron chi connectivity index (χ2n) is 10.9. The summed E-state index contributed by atoms with van der Waals surface area (Å²) in [7, 11) is 2.22. The molecule has 0 bridgehead atoms. The minimum absolute atomic E-state index is 0.693. The van der Waals surface area contributed by atoms with Crippen LogP contribution in [0.3, 0.4) is 0 Å². The zero-order valence-electron chi connectivity index (χ0n) is 21.9. The van der Waals surface area contributed by atoms with Gasteiger partial charge in [-0.25, -0.2) is 0 Å². The van der Waals surface area contributed by atoms with Gasteiger partial charge in [-0.2, -0.15) is 0 Å². The Kier molecular flexibility index (Phi) is 7.62. The number of furan rings is 1. The van der Waals surface area contributed by atoms with Gasteiger partial charge in [-0.15, -0.1) is 0 Å². The summed E-state index contributed by atoms with van der Waals surface area (Å²) in [4.78, 5) is 12.1. The van der Waals surface area contributed by atoms with Crippen molar-refractivity contribution in [2.75, 3.05) is 56.1 Å². The average molecular weight is 475 g/mol. The van der Waals surface area contributed by atoms with E-state index in [1.54, 1.807) is 0 Å². The van der Waals surface area contributed by atoms with Gasteiger partial charge >= 0.3 is 0 Å². The Morgan fingerprint density at radius 3 is 2.74 bits per heavy atom. The Balaban J connectivity index is 1.41. The van der Waals surface area contributed by atoms with Crippen LogP contribution in [-0.2, 0) is 0 Å². The number of benzene rings is 1. The third-order valence-corrected chi connectivity index (χ3v) is 8.03. The molecule has 2 aliphatic rings. The number of likely N-dealkylation sites (N-methyl/N-ethyl adjacent to an activating group) is 1. The number of aromatic nitrogens is 1. The molecular weight excluding hydrogens is 432 g/mol. The monoisotopic (exact) mass is 474 g/mol. The lowest BCUT2D eigenvalue weighted by Crippen LogP contribution is -2.39. The predicted octanol–water partition coefficient (Wildman–Crippen LogP) is 6.68. The Bertz CT molecular complexity index is 1090. The molecular formula is C30H42N4O. The first-order chi connectivity index (χ1) is 17.1. The van der Waals surface area contributed by atoms with Gasteiger partial charge in [-0.05, 0) is 61.9 Å². The molecule has 1 aliphatic carbocycles. The zero-order valence-corrected chi connectivity index (χ0v) is 21.9. The summed E-state index contributed by atoms with van der Waals surface area (Å²) in [5, 5.41) is 0. The van der Waals surface area contributed by atoms with E-state index in [1.807, 2.05) is 6.20 Å². The number of nitrogens with zero attached hydrogens (tertiary/aromatic N) is 4. The molecule has 1 unspecified atom stereocenters. The number of rotatable bonds is 8. The summed E-state index contributed by atoms with van der Waals surface area (Å²) < 4.78 is 6.54. The van der Waals surface area contributed by atoms with Gasteiger partial charge in [0.05, 0.1) is 0 Å². The Morgan fingerprint density at radius 2 is 1.94 bits per heavy atom. The lowest BCUT2D eigenvalue weighted by Gasteiger charge is -2.31. The third kappa shape index (κ3) is 5.66. The van der Waals surface area contributed by atoms with Crippen molar-refractivity contribution in [3.63, 3.8) is 0 Å². The van der Waals surface area contributed by atoms with Crippen LogP contribution >= 0.6 is 0 Å². The normalized spacial score (nSPS) is 20.0. The van der Waals surface area contributed by atoms with E-state index in [-0.39, 0.29) is 0 Å². The van der Waals surface area contributed by atoms with Crippen molar-refractivity contribution < 1.29 is 4.42 Å². The molecule has 5 rings (SSSR count). The fourth-order valence-electron chi connectivity index (χ4n) is 5.65. The molecule has 0 amide bonds. The Hall–Kier alpha value is -2.53. The van der Waals surface area contributed by atoms with Crippen molar-refractivity contribution in [1.82, 2.24) is 9.88 Å². The van der Waals surface area contributed by atoms with Gasteiger partial charge in [0.25, 0.3) is 0 Å². The molecule has 1 aliphatic heterocycles. The van der Waals surface area contributed by atoms with Crippen LogP contribution < -0.4 is 9.80 Å². The van der Waals surface area contributed by atoms with E-state index in [9.17, 15) is 0 Å². The van der Waals surface area contributed by atoms with Gasteiger partial charge in [0.15, 0.2) is 11.5 Å². The van der Waals surface area contributed by atoms with Crippen molar-refractivity contribution in [1.29, 1.82) is 0 Å². The maximum Gasteiger partial charge on any atom is 0.198 e. The third-order valence-electron chi connectivity index (χ3n) is 8.03. The van der Waals surface area contributed by atoms with Gasteiger partial charge in [0, 0.05) is 62.8 Å². The van der Waals surface area contributed by atoms with E-state index in [0.29, 0.717) is 5.92 Å². The van der Waals surface area contributed by atoms with E-state index in [4.69, 9.17) is 4.42 Å². The fraction of sp³-hybridized carbons (Fsp3) is 0.567. The molecule has 5 nitrogen and oxygen atoms in total. The second kappa shape index (κ2) is 11.0. The maximum absolute atomic E-state index is 6.54. The number of hydrogen-bond acceptors (Lipinski definition) is 5. The highest BCUT2D eigenvalue weighted by molar-refractivity contribution is 5.92. The molecule has 188 valence electrons. The van der Waals surface area contributed by atoms with Crippen molar-refractivity contribution in [3.05, 3.63) is 42.6 Å². The lowest BCUT2D eigenvalue weighted by atomic mass is 9.83. The minimum Gasteiger partial charge on any atom is -0.438 e. The van der Waals surface area contributed by atoms with E-state index < -0.39 is 0 Å². The van der Waals surface area contributed by atoms with Crippen LogP contribution in [0.25, 0.3) is 22.2 Å². The van der Waals surface area contributed by atoms with Crippen LogP contribution in [0.4, 0.5) is 11.6 Å². The van der Waals surface area contributed by atoms with Crippen LogP contribution in [-0.4, -0.2) is 56.2 Å². The summed E-state index contributed by atoms with van der Waals surface area (Å²) >= 11 is 0. The highest BCUT2D eigenvalue weighted by Crippen LogP contribution is 2.35. The first-order valence-electron chi connectivity index (χ1n) is 13.8. The topological polar surface area (TPSA) is 35.8 Å². The summed E-state index contributed by atoms with van der Waals surface area (Å²) in [6.45, 7) is 11.1. The van der Waals surface area contributed by atoms with Gasteiger partial charge in [0.1, 0.15) is 5.52 Å². The maximum atomic E-state index is 6.54. The van der Waals surface area contributed by atoms with Gasteiger partial charge < -0.3 is 19.1 Å². The van der Waals surface area contributed by atoms with E-state index >= 15 is 0 Å². The molecule has 3 heterocycles. The summed E-state index contributed by atoms with van der Waals surface area (Å²) in [5.74, 6) is 2.58. The number of hydrogen-bond donors (Lipinski definition) is 0. The predicted molar refractivity (Wildman–Crippen MR) is 147 cm³/mol. The summed E-state index contributed by atoms with van der Waals surface area (Å²) in [5.41, 5.74) is 5.51. The van der Waals surface area contributed by atoms with Crippen molar-refractivity contribution in [2.45, 2.75) is 52.4 Å². The molecule has 1 atom stereocenters. The number of pyridine rings is 1. The summed E-state index contributed by atoms with van der Waals surface area (Å²) in [6, 6.07) is 13.3. The molecule has 35 heavy (non-hydrogen) atoms. The first-order valence-corrected chi connectivity index (χ1v) is 13.8. The highest BCUT2D eigenvalue weighted by Gasteiger charge is 2.21.